The van der Waals surface area contributed by atoms with Crippen molar-refractivity contribution in [3.8, 4) is 0 Å². The highest BCUT2D eigenvalue weighted by Gasteiger charge is 2.24. The Balaban J connectivity index is 0.000000810. The van der Waals surface area contributed by atoms with Crippen LogP contribution in [-0.4, -0.2) is 17.3 Å². The molecule has 0 bridgehead atoms. The molecule has 0 saturated heterocycles. The van der Waals surface area contributed by atoms with Crippen LogP contribution in [0.2, 0.25) is 0 Å². The van der Waals surface area contributed by atoms with Gasteiger partial charge >= 0.3 is 0 Å². The average molecular weight is 166 g/mol. The van der Waals surface area contributed by atoms with Crippen molar-refractivity contribution in [2.45, 2.75) is 38.3 Å². The molecule has 0 aromatic carbocycles. The number of aliphatic hydroxyl groups excluding tert-OH is 1. The summed E-state index contributed by atoms with van der Waals surface area (Å²) in [4.78, 5) is 0. The summed E-state index contributed by atoms with van der Waals surface area (Å²) in [6.45, 7) is 2.02. The number of hydrogen-bond acceptors (Lipinski definition) is 2. The Hall–Kier alpha value is 0.210. The van der Waals surface area contributed by atoms with Gasteiger partial charge in [0, 0.05) is 6.04 Å². The summed E-state index contributed by atoms with van der Waals surface area (Å²) in [6.07, 6.45) is 2.97. The first-order valence-corrected chi connectivity index (χ1v) is 3.65. The van der Waals surface area contributed by atoms with Crippen molar-refractivity contribution in [1.29, 1.82) is 0 Å². The van der Waals surface area contributed by atoms with Crippen molar-refractivity contribution >= 4 is 12.4 Å². The van der Waals surface area contributed by atoms with Gasteiger partial charge in [-0.05, 0) is 25.2 Å². The second-order valence-corrected chi connectivity index (χ2v) is 3.02. The predicted molar refractivity (Wildman–Crippen MR) is 44.2 cm³/mol. The Morgan fingerprint density at radius 1 is 1.40 bits per heavy atom. The Bertz CT molecular complexity index is 89.6. The molecule has 3 atom stereocenters. The van der Waals surface area contributed by atoms with Crippen molar-refractivity contribution in [2.24, 2.45) is 11.7 Å². The molecule has 3 heteroatoms. The summed E-state index contributed by atoms with van der Waals surface area (Å²) < 4.78 is 0. The second-order valence-electron chi connectivity index (χ2n) is 3.02. The molecular weight excluding hydrogens is 150 g/mol. The van der Waals surface area contributed by atoms with E-state index in [1.54, 1.807) is 0 Å². The molecule has 0 heterocycles. The third-order valence-electron chi connectivity index (χ3n) is 2.32. The first-order valence-electron chi connectivity index (χ1n) is 3.65. The molecule has 0 radical (unpaired) electrons. The van der Waals surface area contributed by atoms with Crippen LogP contribution in [0.5, 0.6) is 0 Å². The molecule has 0 spiro atoms. The molecule has 1 saturated carbocycles. The van der Waals surface area contributed by atoms with E-state index in [1.807, 2.05) is 6.92 Å². The smallest absolute Gasteiger partial charge is 0.0580 e. The molecule has 0 unspecified atom stereocenters. The molecule has 10 heavy (non-hydrogen) atoms. The maximum absolute atomic E-state index is 9.27. The Morgan fingerprint density at radius 2 is 2.00 bits per heavy atom. The second kappa shape index (κ2) is 4.16. The van der Waals surface area contributed by atoms with Crippen LogP contribution in [0.3, 0.4) is 0 Å². The zero-order chi connectivity index (χ0) is 6.85. The van der Waals surface area contributed by atoms with Gasteiger partial charge in [0.05, 0.1) is 6.10 Å². The molecule has 1 aliphatic carbocycles. The van der Waals surface area contributed by atoms with Gasteiger partial charge in [-0.25, -0.2) is 0 Å². The Labute approximate surface area is 68.2 Å². The molecular formula is C7H16ClNO. The van der Waals surface area contributed by atoms with Gasteiger partial charge in [0.1, 0.15) is 0 Å². The first-order chi connectivity index (χ1) is 4.22. The molecule has 0 aromatic heterocycles. The van der Waals surface area contributed by atoms with Crippen molar-refractivity contribution in [1.82, 2.24) is 0 Å². The molecule has 1 fully saturated rings. The lowest BCUT2D eigenvalue weighted by molar-refractivity contribution is 0.0671. The van der Waals surface area contributed by atoms with Crippen LogP contribution in [0, 0.1) is 5.92 Å². The normalized spacial score (nSPS) is 40.5. The van der Waals surface area contributed by atoms with Gasteiger partial charge < -0.3 is 10.8 Å². The largest absolute Gasteiger partial charge is 0.393 e. The molecule has 0 aliphatic heterocycles. The number of rotatable bonds is 0. The molecule has 62 valence electrons. The average Bonchev–Trinajstić information content (AvgIpc) is 1.83. The van der Waals surface area contributed by atoms with Crippen LogP contribution >= 0.6 is 12.4 Å². The lowest BCUT2D eigenvalue weighted by Crippen LogP contribution is -2.39. The van der Waals surface area contributed by atoms with Gasteiger partial charge in [-0.3, -0.25) is 0 Å². The van der Waals surface area contributed by atoms with E-state index in [9.17, 15) is 5.11 Å². The molecule has 0 aromatic rings. The standard InChI is InChI=1S/C7H15NO.ClH/c1-5-6(8)3-2-4-7(5)9;/h5-7,9H,2-4,8H2,1H3;1H/t5-,6-,7-;/m0./s1. The minimum atomic E-state index is -0.145. The van der Waals surface area contributed by atoms with Gasteiger partial charge in [0.2, 0.25) is 0 Å². The lowest BCUT2D eigenvalue weighted by Gasteiger charge is -2.29. The van der Waals surface area contributed by atoms with E-state index in [0.29, 0.717) is 5.92 Å². The predicted octanol–water partition coefficient (Wildman–Crippen LogP) is 0.916. The number of halogens is 1. The SMILES string of the molecule is C[C@H]1[C@@H](N)CCC[C@@H]1O.Cl. The Morgan fingerprint density at radius 3 is 2.40 bits per heavy atom. The highest BCUT2D eigenvalue weighted by Crippen LogP contribution is 2.22. The van der Waals surface area contributed by atoms with E-state index >= 15 is 0 Å². The molecule has 3 N–H and O–H groups in total. The highest BCUT2D eigenvalue weighted by molar-refractivity contribution is 5.85. The molecule has 0 amide bonds. The van der Waals surface area contributed by atoms with Crippen LogP contribution in [0.15, 0.2) is 0 Å². The van der Waals surface area contributed by atoms with Gasteiger partial charge in [0.25, 0.3) is 0 Å². The van der Waals surface area contributed by atoms with E-state index in [-0.39, 0.29) is 24.6 Å². The fourth-order valence-electron chi connectivity index (χ4n) is 1.37. The zero-order valence-electron chi connectivity index (χ0n) is 6.29. The molecule has 2 nitrogen and oxygen atoms in total. The lowest BCUT2D eigenvalue weighted by atomic mass is 9.84. The van der Waals surface area contributed by atoms with Crippen LogP contribution in [0.1, 0.15) is 26.2 Å². The fraction of sp³-hybridized carbons (Fsp3) is 1.00. The summed E-state index contributed by atoms with van der Waals surface area (Å²) in [7, 11) is 0. The topological polar surface area (TPSA) is 46.2 Å². The first kappa shape index (κ1) is 10.2. The number of hydrogen-bond donors (Lipinski definition) is 2. The van der Waals surface area contributed by atoms with E-state index in [4.69, 9.17) is 5.73 Å². The quantitative estimate of drug-likeness (QED) is 0.561. The van der Waals surface area contributed by atoms with Crippen LogP contribution in [-0.2, 0) is 0 Å². The van der Waals surface area contributed by atoms with Crippen molar-refractivity contribution in [3.05, 3.63) is 0 Å². The van der Waals surface area contributed by atoms with Gasteiger partial charge in [0.15, 0.2) is 0 Å². The van der Waals surface area contributed by atoms with Gasteiger partial charge in [-0.15, -0.1) is 12.4 Å². The third kappa shape index (κ3) is 2.11. The van der Waals surface area contributed by atoms with Crippen LogP contribution in [0.25, 0.3) is 0 Å². The maximum atomic E-state index is 9.27. The summed E-state index contributed by atoms with van der Waals surface area (Å²) in [5.74, 6) is 0.304. The minimum Gasteiger partial charge on any atom is -0.393 e. The highest BCUT2D eigenvalue weighted by atomic mass is 35.5. The number of aliphatic hydroxyl groups is 1. The molecule has 1 rings (SSSR count). The van der Waals surface area contributed by atoms with E-state index < -0.39 is 0 Å². The van der Waals surface area contributed by atoms with Gasteiger partial charge in [-0.2, -0.15) is 0 Å². The number of nitrogens with two attached hydrogens (primary N) is 1. The van der Waals surface area contributed by atoms with Crippen molar-refractivity contribution in [3.63, 3.8) is 0 Å². The minimum absolute atomic E-state index is 0. The fourth-order valence-corrected chi connectivity index (χ4v) is 1.37. The Kier molecular flexibility index (Phi) is 4.25. The monoisotopic (exact) mass is 165 g/mol. The van der Waals surface area contributed by atoms with Crippen molar-refractivity contribution in [2.75, 3.05) is 0 Å². The van der Waals surface area contributed by atoms with Crippen molar-refractivity contribution < 1.29 is 5.11 Å². The van der Waals surface area contributed by atoms with Crippen LogP contribution < -0.4 is 5.73 Å². The maximum Gasteiger partial charge on any atom is 0.0580 e. The van der Waals surface area contributed by atoms with E-state index in [0.717, 1.165) is 19.3 Å². The third-order valence-corrected chi connectivity index (χ3v) is 2.32. The summed E-state index contributed by atoms with van der Waals surface area (Å²) in [6, 6.07) is 0.230. The molecule has 1 aliphatic rings. The summed E-state index contributed by atoms with van der Waals surface area (Å²) in [5.41, 5.74) is 5.71. The van der Waals surface area contributed by atoms with Crippen LogP contribution in [0.4, 0.5) is 0 Å². The summed E-state index contributed by atoms with van der Waals surface area (Å²) in [5, 5.41) is 9.27. The summed E-state index contributed by atoms with van der Waals surface area (Å²) >= 11 is 0. The van der Waals surface area contributed by atoms with E-state index in [2.05, 4.69) is 0 Å². The zero-order valence-corrected chi connectivity index (χ0v) is 7.10. The van der Waals surface area contributed by atoms with Gasteiger partial charge in [-0.1, -0.05) is 6.92 Å². The van der Waals surface area contributed by atoms with E-state index in [1.165, 1.54) is 0 Å².